The molecule has 1 rings (SSSR count). The van der Waals surface area contributed by atoms with Gasteiger partial charge in [-0.1, -0.05) is 224 Å². The Hall–Kier alpha value is -1.86. The van der Waals surface area contributed by atoms with Gasteiger partial charge in [0.05, 0.1) is 32.0 Å². The number of nitrogens with one attached hydrogen (secondary N) is 1. The Bertz CT molecular complexity index is 1200. The number of rotatable bonds is 50. The van der Waals surface area contributed by atoms with Gasteiger partial charge in [0.2, 0.25) is 5.91 Å². The third kappa shape index (κ3) is 38.4. The lowest BCUT2D eigenvalue weighted by molar-refractivity contribution is -0.302. The van der Waals surface area contributed by atoms with Gasteiger partial charge in [-0.3, -0.25) is 9.59 Å². The van der Waals surface area contributed by atoms with Crippen LogP contribution in [0.3, 0.4) is 0 Å². The second-order valence-corrected chi connectivity index (χ2v) is 20.3. The van der Waals surface area contributed by atoms with E-state index in [9.17, 15) is 35.1 Å². The first-order valence-electron chi connectivity index (χ1n) is 29.1. The summed E-state index contributed by atoms with van der Waals surface area (Å²) < 4.78 is 16.7. The van der Waals surface area contributed by atoms with Crippen molar-refractivity contribution in [2.24, 2.45) is 0 Å². The highest BCUT2D eigenvalue weighted by atomic mass is 16.7. The lowest BCUT2D eigenvalue weighted by Gasteiger charge is -2.40. The average molecular weight is 981 g/mol. The number of allylic oxidation sites excluding steroid dienone is 3. The van der Waals surface area contributed by atoms with Gasteiger partial charge in [-0.05, 0) is 57.8 Å². The molecule has 1 aliphatic rings. The Morgan fingerprint density at radius 3 is 1.39 bits per heavy atom. The highest BCUT2D eigenvalue weighted by molar-refractivity contribution is 5.76. The lowest BCUT2D eigenvalue weighted by atomic mass is 9.99. The van der Waals surface area contributed by atoms with Gasteiger partial charge in [-0.25, -0.2) is 0 Å². The van der Waals surface area contributed by atoms with E-state index in [2.05, 4.69) is 31.3 Å². The van der Waals surface area contributed by atoms with E-state index in [-0.39, 0.29) is 18.5 Å². The number of unbranched alkanes of at least 4 members (excludes halogenated alkanes) is 34. The fourth-order valence-corrected chi connectivity index (χ4v) is 9.13. The van der Waals surface area contributed by atoms with Crippen molar-refractivity contribution in [2.45, 2.75) is 314 Å². The molecule has 1 saturated heterocycles. The smallest absolute Gasteiger partial charge is 0.305 e. The van der Waals surface area contributed by atoms with E-state index in [0.717, 1.165) is 64.2 Å². The van der Waals surface area contributed by atoms with E-state index < -0.39 is 49.5 Å². The molecular weight excluding hydrogens is 871 g/mol. The van der Waals surface area contributed by atoms with E-state index >= 15 is 0 Å². The topological polar surface area (TPSA) is 175 Å². The zero-order valence-electron chi connectivity index (χ0n) is 44.5. The number of amides is 1. The van der Waals surface area contributed by atoms with Crippen LogP contribution in [-0.2, 0) is 23.8 Å². The second-order valence-electron chi connectivity index (χ2n) is 20.3. The summed E-state index contributed by atoms with van der Waals surface area (Å²) in [5, 5.41) is 54.2. The van der Waals surface area contributed by atoms with Gasteiger partial charge in [-0.2, -0.15) is 0 Å². The third-order valence-corrected chi connectivity index (χ3v) is 13.8. The number of carbonyl (C=O) groups is 2. The summed E-state index contributed by atoms with van der Waals surface area (Å²) in [6, 6.07) is -0.812. The minimum atomic E-state index is -1.57. The van der Waals surface area contributed by atoms with Crippen LogP contribution in [0.1, 0.15) is 271 Å². The molecule has 0 saturated carbocycles. The number of aliphatic hydroxyl groups is 5. The fourth-order valence-electron chi connectivity index (χ4n) is 9.13. The molecule has 0 radical (unpaired) electrons. The zero-order chi connectivity index (χ0) is 50.3. The van der Waals surface area contributed by atoms with Crippen LogP contribution in [-0.4, -0.2) is 100 Å². The van der Waals surface area contributed by atoms with Crippen molar-refractivity contribution >= 4 is 11.9 Å². The highest BCUT2D eigenvalue weighted by Crippen LogP contribution is 2.23. The number of ether oxygens (including phenoxy) is 3. The third-order valence-electron chi connectivity index (χ3n) is 13.8. The molecule has 1 fully saturated rings. The van der Waals surface area contributed by atoms with Gasteiger partial charge in [0, 0.05) is 12.8 Å². The molecule has 1 heterocycles. The maximum absolute atomic E-state index is 13.0. The van der Waals surface area contributed by atoms with Crippen molar-refractivity contribution in [3.8, 4) is 0 Å². The van der Waals surface area contributed by atoms with Crippen LogP contribution in [0.15, 0.2) is 24.3 Å². The predicted octanol–water partition coefficient (Wildman–Crippen LogP) is 12.9. The van der Waals surface area contributed by atoms with Crippen molar-refractivity contribution in [3.63, 3.8) is 0 Å². The van der Waals surface area contributed by atoms with Crippen LogP contribution in [0, 0.1) is 0 Å². The molecule has 0 spiro atoms. The Morgan fingerprint density at radius 2 is 0.928 bits per heavy atom. The first kappa shape index (κ1) is 65.2. The monoisotopic (exact) mass is 980 g/mol. The van der Waals surface area contributed by atoms with E-state index in [1.54, 1.807) is 6.08 Å². The maximum atomic E-state index is 13.0. The van der Waals surface area contributed by atoms with Gasteiger partial charge in [0.1, 0.15) is 24.4 Å². The second kappa shape index (κ2) is 48.4. The quantitative estimate of drug-likeness (QED) is 0.0196. The summed E-state index contributed by atoms with van der Waals surface area (Å²) in [6.07, 6.45) is 47.0. The van der Waals surface area contributed by atoms with Crippen LogP contribution < -0.4 is 5.32 Å². The number of aliphatic hydroxyl groups excluding tert-OH is 5. The SMILES string of the molecule is CCCCCCCC/C=C\CCCCCCCC(=O)OCCCCCCCCCCCCCCCCCCCC(=O)NC(COC1OC(CO)C(O)C(O)C1O)C(O)/C=C/CCCCCCCCC. The highest BCUT2D eigenvalue weighted by Gasteiger charge is 2.44. The molecule has 11 nitrogen and oxygen atoms in total. The van der Waals surface area contributed by atoms with Gasteiger partial charge >= 0.3 is 5.97 Å². The Labute approximate surface area is 422 Å². The number of hydrogen-bond donors (Lipinski definition) is 6. The molecule has 0 aliphatic carbocycles. The summed E-state index contributed by atoms with van der Waals surface area (Å²) in [6.45, 7) is 4.29. The molecule has 0 aromatic rings. The first-order valence-corrected chi connectivity index (χ1v) is 29.1. The molecule has 0 aromatic carbocycles. The van der Waals surface area contributed by atoms with Crippen molar-refractivity contribution in [1.82, 2.24) is 5.32 Å². The van der Waals surface area contributed by atoms with Crippen LogP contribution in [0.2, 0.25) is 0 Å². The first-order chi connectivity index (χ1) is 33.7. The Kier molecular flexibility index (Phi) is 45.7. The number of esters is 1. The van der Waals surface area contributed by atoms with Crippen LogP contribution in [0.25, 0.3) is 0 Å². The molecule has 0 bridgehead atoms. The summed E-state index contributed by atoms with van der Waals surface area (Å²) in [5.74, 6) is -0.209. The Morgan fingerprint density at radius 1 is 0.522 bits per heavy atom. The van der Waals surface area contributed by atoms with Gasteiger partial charge < -0.3 is 45.1 Å². The zero-order valence-corrected chi connectivity index (χ0v) is 44.5. The van der Waals surface area contributed by atoms with Crippen molar-refractivity contribution < 1.29 is 49.3 Å². The van der Waals surface area contributed by atoms with Gasteiger partial charge in [0.25, 0.3) is 0 Å². The molecule has 6 N–H and O–H groups in total. The number of hydrogen-bond acceptors (Lipinski definition) is 10. The van der Waals surface area contributed by atoms with E-state index in [4.69, 9.17) is 14.2 Å². The lowest BCUT2D eigenvalue weighted by Crippen LogP contribution is -2.60. The largest absolute Gasteiger partial charge is 0.466 e. The number of carbonyl (C=O) groups excluding carboxylic acids is 2. The van der Waals surface area contributed by atoms with Crippen LogP contribution in [0.5, 0.6) is 0 Å². The molecule has 69 heavy (non-hydrogen) atoms. The molecule has 406 valence electrons. The van der Waals surface area contributed by atoms with Crippen molar-refractivity contribution in [1.29, 1.82) is 0 Å². The van der Waals surface area contributed by atoms with Gasteiger partial charge in [-0.15, -0.1) is 0 Å². The summed E-state index contributed by atoms with van der Waals surface area (Å²) in [7, 11) is 0. The van der Waals surface area contributed by atoms with Gasteiger partial charge in [0.15, 0.2) is 6.29 Å². The van der Waals surface area contributed by atoms with Crippen molar-refractivity contribution in [3.05, 3.63) is 24.3 Å². The van der Waals surface area contributed by atoms with Crippen LogP contribution in [0.4, 0.5) is 0 Å². The minimum absolute atomic E-state index is 0.0195. The molecular formula is C58H109NO10. The summed E-state index contributed by atoms with van der Waals surface area (Å²) in [4.78, 5) is 25.1. The molecule has 0 aromatic heterocycles. The fraction of sp³-hybridized carbons (Fsp3) is 0.897. The normalized spacial score (nSPS) is 19.4. The standard InChI is InChI=1S/C58H109NO10/c1-3-5-7-9-11-13-14-15-19-23-26-30-34-38-42-46-54(63)67-47-43-39-35-31-27-24-21-18-16-17-20-22-25-29-33-37-41-45-53(62)59-50(51(61)44-40-36-32-28-12-10-8-6-4-2)49-68-58-57(66)56(65)55(64)52(48-60)69-58/h15,19,40,44,50-52,55-58,60-61,64-66H,3-14,16-18,20-39,41-43,45-49H2,1-2H3,(H,59,62)/b19-15-,44-40+. The van der Waals surface area contributed by atoms with E-state index in [0.29, 0.717) is 19.4 Å². The summed E-state index contributed by atoms with van der Waals surface area (Å²) >= 11 is 0. The maximum Gasteiger partial charge on any atom is 0.305 e. The molecule has 7 atom stereocenters. The molecule has 1 amide bonds. The van der Waals surface area contributed by atoms with E-state index in [1.165, 1.54) is 180 Å². The van der Waals surface area contributed by atoms with Crippen LogP contribution >= 0.6 is 0 Å². The minimum Gasteiger partial charge on any atom is -0.466 e. The van der Waals surface area contributed by atoms with E-state index in [1.807, 2.05) is 6.08 Å². The predicted molar refractivity (Wildman–Crippen MR) is 283 cm³/mol. The molecule has 11 heteroatoms. The Balaban J connectivity index is 2.03. The molecule has 1 aliphatic heterocycles. The summed E-state index contributed by atoms with van der Waals surface area (Å²) in [5.41, 5.74) is 0. The average Bonchev–Trinajstić information content (AvgIpc) is 3.34. The molecule has 7 unspecified atom stereocenters. The van der Waals surface area contributed by atoms with Crippen molar-refractivity contribution in [2.75, 3.05) is 19.8 Å².